The summed E-state index contributed by atoms with van der Waals surface area (Å²) in [5.41, 5.74) is 0. The van der Waals surface area contributed by atoms with Gasteiger partial charge in [-0.25, -0.2) is 0 Å². The average Bonchev–Trinajstić information content (AvgIpc) is 2.17. The molecule has 0 amide bonds. The molecule has 0 N–H and O–H groups in total. The highest BCUT2D eigenvalue weighted by molar-refractivity contribution is 9.09. The molecule has 0 radical (unpaired) electrons. The van der Waals surface area contributed by atoms with Crippen molar-refractivity contribution in [3.8, 4) is 0 Å². The fourth-order valence-corrected chi connectivity index (χ4v) is 2.58. The highest BCUT2D eigenvalue weighted by Gasteiger charge is 2.32. The fraction of sp³-hybridized carbons (Fsp3) is 0.917. The van der Waals surface area contributed by atoms with Crippen LogP contribution in [0.5, 0.6) is 0 Å². The molecule has 2 nitrogen and oxygen atoms in total. The number of esters is 1. The topological polar surface area (TPSA) is 26.3 Å². The van der Waals surface area contributed by atoms with Crippen LogP contribution in [0.15, 0.2) is 0 Å². The van der Waals surface area contributed by atoms with Gasteiger partial charge < -0.3 is 4.74 Å². The lowest BCUT2D eigenvalue weighted by atomic mass is 9.75. The summed E-state index contributed by atoms with van der Waals surface area (Å²) in [5.74, 6) is 1.71. The Labute approximate surface area is 101 Å². The largest absolute Gasteiger partial charge is 0.461 e. The van der Waals surface area contributed by atoms with Crippen LogP contribution in [0.2, 0.25) is 0 Å². The van der Waals surface area contributed by atoms with Gasteiger partial charge in [-0.05, 0) is 30.6 Å². The Bertz CT molecular complexity index is 216. The third kappa shape index (κ3) is 3.78. The van der Waals surface area contributed by atoms with Gasteiger partial charge in [0.05, 0.1) is 0 Å². The molecule has 0 aromatic heterocycles. The number of alkyl halides is 1. The van der Waals surface area contributed by atoms with Gasteiger partial charge in [0, 0.05) is 0 Å². The van der Waals surface area contributed by atoms with Crippen LogP contribution in [0, 0.1) is 17.8 Å². The zero-order chi connectivity index (χ0) is 11.4. The Morgan fingerprint density at radius 3 is 2.67 bits per heavy atom. The molecule has 3 atom stereocenters. The van der Waals surface area contributed by atoms with Crippen molar-refractivity contribution in [1.82, 2.24) is 0 Å². The molecule has 3 heteroatoms. The van der Waals surface area contributed by atoms with E-state index in [9.17, 15) is 4.79 Å². The van der Waals surface area contributed by atoms with Crippen LogP contribution >= 0.6 is 15.9 Å². The number of hydrogen-bond acceptors (Lipinski definition) is 2. The van der Waals surface area contributed by atoms with Gasteiger partial charge >= 0.3 is 5.97 Å². The summed E-state index contributed by atoms with van der Waals surface area (Å²) in [6.07, 6.45) is 3.63. The number of carbonyl (C=O) groups is 1. The van der Waals surface area contributed by atoms with E-state index in [1.54, 1.807) is 0 Å². The molecule has 0 heterocycles. The SMILES string of the molecule is CC(C)[C@@H]1CC[C@@H](C)CC1OC(=O)CBr. The molecule has 0 aromatic rings. The van der Waals surface area contributed by atoms with Crippen LogP contribution in [0.3, 0.4) is 0 Å². The molecule has 15 heavy (non-hydrogen) atoms. The molecule has 0 aliphatic heterocycles. The van der Waals surface area contributed by atoms with E-state index < -0.39 is 0 Å². The van der Waals surface area contributed by atoms with Crippen LogP contribution in [0.25, 0.3) is 0 Å². The van der Waals surface area contributed by atoms with Crippen molar-refractivity contribution in [3.05, 3.63) is 0 Å². The first kappa shape index (κ1) is 13.0. The van der Waals surface area contributed by atoms with E-state index >= 15 is 0 Å². The molecule has 0 bridgehead atoms. The van der Waals surface area contributed by atoms with E-state index in [0.29, 0.717) is 23.1 Å². The minimum absolute atomic E-state index is 0.125. The summed E-state index contributed by atoms with van der Waals surface area (Å²) in [7, 11) is 0. The van der Waals surface area contributed by atoms with Gasteiger partial charge in [-0.15, -0.1) is 0 Å². The minimum atomic E-state index is -0.125. The maximum absolute atomic E-state index is 11.3. The van der Waals surface area contributed by atoms with Crippen molar-refractivity contribution in [2.24, 2.45) is 17.8 Å². The molecule has 0 aromatic carbocycles. The lowest BCUT2D eigenvalue weighted by Gasteiger charge is -2.36. The van der Waals surface area contributed by atoms with Gasteiger partial charge in [0.15, 0.2) is 0 Å². The van der Waals surface area contributed by atoms with Crippen molar-refractivity contribution in [1.29, 1.82) is 0 Å². The highest BCUT2D eigenvalue weighted by Crippen LogP contribution is 2.35. The minimum Gasteiger partial charge on any atom is -0.461 e. The van der Waals surface area contributed by atoms with Crippen LogP contribution in [0.1, 0.15) is 40.0 Å². The molecule has 0 spiro atoms. The van der Waals surface area contributed by atoms with Crippen molar-refractivity contribution in [3.63, 3.8) is 0 Å². The summed E-state index contributed by atoms with van der Waals surface area (Å²) in [5, 5.41) is 0.308. The molecule has 88 valence electrons. The summed E-state index contributed by atoms with van der Waals surface area (Å²) in [6.45, 7) is 6.68. The smallest absolute Gasteiger partial charge is 0.316 e. The zero-order valence-electron chi connectivity index (χ0n) is 9.83. The molecule has 1 rings (SSSR count). The third-order valence-electron chi connectivity index (χ3n) is 3.35. The Kier molecular flexibility index (Phi) is 5.10. The maximum Gasteiger partial charge on any atom is 0.316 e. The Hall–Kier alpha value is -0.0500. The summed E-state index contributed by atoms with van der Waals surface area (Å²) in [4.78, 5) is 11.3. The van der Waals surface area contributed by atoms with E-state index in [1.165, 1.54) is 12.8 Å². The van der Waals surface area contributed by atoms with E-state index in [4.69, 9.17) is 4.74 Å². The highest BCUT2D eigenvalue weighted by atomic mass is 79.9. The summed E-state index contributed by atoms with van der Waals surface area (Å²) < 4.78 is 5.50. The first-order chi connectivity index (χ1) is 7.04. The van der Waals surface area contributed by atoms with E-state index in [1.807, 2.05) is 0 Å². The van der Waals surface area contributed by atoms with Crippen LogP contribution in [-0.4, -0.2) is 17.4 Å². The van der Waals surface area contributed by atoms with Gasteiger partial charge in [0.2, 0.25) is 0 Å². The second-order valence-corrected chi connectivity index (χ2v) is 5.55. The Balaban J connectivity index is 2.57. The van der Waals surface area contributed by atoms with Crippen molar-refractivity contribution >= 4 is 21.9 Å². The predicted molar refractivity (Wildman–Crippen MR) is 65.0 cm³/mol. The number of rotatable bonds is 3. The van der Waals surface area contributed by atoms with E-state index in [2.05, 4.69) is 36.7 Å². The average molecular weight is 277 g/mol. The quantitative estimate of drug-likeness (QED) is 0.584. The van der Waals surface area contributed by atoms with Crippen LogP contribution in [0.4, 0.5) is 0 Å². The lowest BCUT2D eigenvalue weighted by Crippen LogP contribution is -2.36. The van der Waals surface area contributed by atoms with Crippen LogP contribution in [-0.2, 0) is 9.53 Å². The maximum atomic E-state index is 11.3. The van der Waals surface area contributed by atoms with Crippen molar-refractivity contribution in [2.45, 2.75) is 46.1 Å². The number of halogens is 1. The number of carbonyl (C=O) groups excluding carboxylic acids is 1. The first-order valence-electron chi connectivity index (χ1n) is 5.80. The molecule has 1 fully saturated rings. The lowest BCUT2D eigenvalue weighted by molar-refractivity contribution is -0.152. The Morgan fingerprint density at radius 1 is 1.47 bits per heavy atom. The number of ether oxygens (including phenoxy) is 1. The Morgan fingerprint density at radius 2 is 2.13 bits per heavy atom. The summed E-state index contributed by atoms with van der Waals surface area (Å²) >= 11 is 3.14. The van der Waals surface area contributed by atoms with Crippen LogP contribution < -0.4 is 0 Å². The predicted octanol–water partition coefficient (Wildman–Crippen LogP) is 3.39. The van der Waals surface area contributed by atoms with E-state index in [-0.39, 0.29) is 12.1 Å². The first-order valence-corrected chi connectivity index (χ1v) is 6.92. The molecule has 1 aliphatic carbocycles. The van der Waals surface area contributed by atoms with Gasteiger partial charge in [-0.3, -0.25) is 4.79 Å². The second kappa shape index (κ2) is 5.88. The van der Waals surface area contributed by atoms with Crippen molar-refractivity contribution < 1.29 is 9.53 Å². The van der Waals surface area contributed by atoms with E-state index in [0.717, 1.165) is 6.42 Å². The summed E-state index contributed by atoms with van der Waals surface area (Å²) in [6, 6.07) is 0. The molecule has 1 saturated carbocycles. The number of hydrogen-bond donors (Lipinski definition) is 0. The molecular weight excluding hydrogens is 256 g/mol. The monoisotopic (exact) mass is 276 g/mol. The molecular formula is C12H21BrO2. The van der Waals surface area contributed by atoms with Gasteiger partial charge in [0.25, 0.3) is 0 Å². The van der Waals surface area contributed by atoms with Crippen molar-refractivity contribution in [2.75, 3.05) is 5.33 Å². The molecule has 0 saturated heterocycles. The zero-order valence-corrected chi connectivity index (χ0v) is 11.4. The van der Waals surface area contributed by atoms with Gasteiger partial charge in [-0.2, -0.15) is 0 Å². The second-order valence-electron chi connectivity index (χ2n) is 4.99. The normalized spacial score (nSPS) is 31.7. The van der Waals surface area contributed by atoms with Gasteiger partial charge in [-0.1, -0.05) is 43.1 Å². The molecule has 1 aliphatic rings. The standard InChI is InChI=1S/C12H21BrO2/c1-8(2)10-5-4-9(3)6-11(10)15-12(14)7-13/h8-11H,4-7H2,1-3H3/t9-,10+,11?/m1/s1. The fourth-order valence-electron chi connectivity index (χ4n) is 2.45. The third-order valence-corrected chi connectivity index (χ3v) is 3.81. The molecule has 1 unspecified atom stereocenters. The van der Waals surface area contributed by atoms with Gasteiger partial charge in [0.1, 0.15) is 11.4 Å².